The van der Waals surface area contributed by atoms with Crippen molar-refractivity contribution in [3.8, 4) is 0 Å². The number of nitrogens with one attached hydrogen (secondary N) is 1. The van der Waals surface area contributed by atoms with Gasteiger partial charge in [-0.3, -0.25) is 4.79 Å². The maximum atomic E-state index is 12.3. The van der Waals surface area contributed by atoms with Crippen molar-refractivity contribution in [1.29, 1.82) is 0 Å². The molecule has 1 amide bonds. The van der Waals surface area contributed by atoms with Crippen molar-refractivity contribution < 1.29 is 4.79 Å². The predicted molar refractivity (Wildman–Crippen MR) is 107 cm³/mol. The molecule has 1 atom stereocenters. The van der Waals surface area contributed by atoms with Crippen LogP contribution in [-0.4, -0.2) is 15.5 Å². The maximum absolute atomic E-state index is 12.3. The summed E-state index contributed by atoms with van der Waals surface area (Å²) in [5, 5.41) is 3.04. The first kappa shape index (κ1) is 17.9. The largest absolute Gasteiger partial charge is 0.343 e. The van der Waals surface area contributed by atoms with E-state index in [2.05, 4.69) is 22.9 Å². The smallest absolute Gasteiger partial charge is 0.244 e. The van der Waals surface area contributed by atoms with Crippen LogP contribution in [0.4, 0.5) is 0 Å². The molecule has 0 aliphatic rings. The molecule has 2 aromatic carbocycles. The molecule has 0 aliphatic heterocycles. The van der Waals surface area contributed by atoms with Crippen molar-refractivity contribution in [1.82, 2.24) is 14.9 Å². The van der Waals surface area contributed by atoms with Crippen molar-refractivity contribution in [2.45, 2.75) is 39.3 Å². The number of para-hydroxylation sites is 2. The molecule has 1 N–H and O–H groups in total. The van der Waals surface area contributed by atoms with Crippen molar-refractivity contribution in [2.24, 2.45) is 0 Å². The zero-order valence-electron chi connectivity index (χ0n) is 15.4. The van der Waals surface area contributed by atoms with Crippen molar-refractivity contribution in [2.75, 3.05) is 0 Å². The molecule has 1 aromatic heterocycles. The molecule has 3 rings (SSSR count). The van der Waals surface area contributed by atoms with Gasteiger partial charge in [0.25, 0.3) is 0 Å². The molecule has 0 bridgehead atoms. The Balaban J connectivity index is 1.77. The molecule has 0 aliphatic carbocycles. The molecular formula is C22H25N3O. The highest BCUT2D eigenvalue weighted by atomic mass is 16.1. The topological polar surface area (TPSA) is 46.9 Å². The van der Waals surface area contributed by atoms with E-state index in [9.17, 15) is 4.79 Å². The second kappa shape index (κ2) is 8.48. The van der Waals surface area contributed by atoms with Gasteiger partial charge in [-0.15, -0.1) is 0 Å². The van der Waals surface area contributed by atoms with Crippen LogP contribution in [0.5, 0.6) is 0 Å². The van der Waals surface area contributed by atoms with Gasteiger partial charge in [0.05, 0.1) is 17.1 Å². The van der Waals surface area contributed by atoms with E-state index in [1.54, 1.807) is 6.08 Å². The number of imidazole rings is 1. The summed E-state index contributed by atoms with van der Waals surface area (Å²) in [6.45, 7) is 5.07. The zero-order chi connectivity index (χ0) is 18.4. The first-order valence-electron chi connectivity index (χ1n) is 9.18. The molecule has 0 saturated heterocycles. The van der Waals surface area contributed by atoms with Crippen LogP contribution in [-0.2, 0) is 11.3 Å². The summed E-state index contributed by atoms with van der Waals surface area (Å²) in [6.07, 6.45) is 5.60. The molecule has 3 aromatic rings. The fourth-order valence-corrected chi connectivity index (χ4v) is 3.04. The zero-order valence-corrected chi connectivity index (χ0v) is 15.4. The lowest BCUT2D eigenvalue weighted by molar-refractivity contribution is -0.117. The number of amides is 1. The Morgan fingerprint density at radius 2 is 1.88 bits per heavy atom. The van der Waals surface area contributed by atoms with Gasteiger partial charge in [0.15, 0.2) is 0 Å². The van der Waals surface area contributed by atoms with Crippen LogP contribution in [0.15, 0.2) is 60.7 Å². The van der Waals surface area contributed by atoms with Crippen LogP contribution in [0, 0.1) is 0 Å². The van der Waals surface area contributed by atoms with Crippen molar-refractivity contribution >= 4 is 23.0 Å². The van der Waals surface area contributed by atoms with E-state index in [0.29, 0.717) is 0 Å². The normalized spacial score (nSPS) is 12.5. The Bertz CT molecular complexity index is 896. The second-order valence-corrected chi connectivity index (χ2v) is 6.44. The van der Waals surface area contributed by atoms with Gasteiger partial charge in [-0.25, -0.2) is 4.98 Å². The van der Waals surface area contributed by atoms with E-state index in [1.165, 1.54) is 0 Å². The highest BCUT2D eigenvalue weighted by Gasteiger charge is 2.17. The summed E-state index contributed by atoms with van der Waals surface area (Å²) in [4.78, 5) is 17.1. The molecule has 0 saturated carbocycles. The third kappa shape index (κ3) is 4.20. The number of carbonyl (C=O) groups is 1. The van der Waals surface area contributed by atoms with Crippen molar-refractivity contribution in [3.63, 3.8) is 0 Å². The summed E-state index contributed by atoms with van der Waals surface area (Å²) >= 11 is 0. The van der Waals surface area contributed by atoms with Gasteiger partial charge in [-0.05, 0) is 37.1 Å². The van der Waals surface area contributed by atoms with Gasteiger partial charge in [0.2, 0.25) is 5.91 Å². The van der Waals surface area contributed by atoms with Crippen LogP contribution in [0.3, 0.4) is 0 Å². The number of carbonyl (C=O) groups excluding carboxylic acids is 1. The highest BCUT2D eigenvalue weighted by molar-refractivity contribution is 5.92. The Kier molecular flexibility index (Phi) is 5.84. The molecule has 4 heteroatoms. The number of hydrogen-bond acceptors (Lipinski definition) is 2. The fraction of sp³-hybridized carbons (Fsp3) is 0.273. The minimum atomic E-state index is -0.160. The summed E-state index contributed by atoms with van der Waals surface area (Å²) < 4.78 is 2.23. The van der Waals surface area contributed by atoms with E-state index < -0.39 is 0 Å². The average Bonchev–Trinajstić information content (AvgIpc) is 3.04. The van der Waals surface area contributed by atoms with Gasteiger partial charge in [0.1, 0.15) is 5.82 Å². The Hall–Kier alpha value is -2.88. The fourth-order valence-electron chi connectivity index (χ4n) is 3.04. The lowest BCUT2D eigenvalue weighted by atomic mass is 10.2. The van der Waals surface area contributed by atoms with E-state index in [-0.39, 0.29) is 11.9 Å². The quantitative estimate of drug-likeness (QED) is 0.628. The number of aromatic nitrogens is 2. The van der Waals surface area contributed by atoms with Crippen LogP contribution in [0.25, 0.3) is 17.1 Å². The van der Waals surface area contributed by atoms with E-state index in [4.69, 9.17) is 4.98 Å². The van der Waals surface area contributed by atoms with E-state index >= 15 is 0 Å². The molecule has 26 heavy (non-hydrogen) atoms. The number of unbranched alkanes of at least 4 members (excludes halogenated alkanes) is 1. The number of hydrogen-bond donors (Lipinski definition) is 1. The lowest BCUT2D eigenvalue weighted by Gasteiger charge is -2.15. The summed E-state index contributed by atoms with van der Waals surface area (Å²) in [5.74, 6) is 0.788. The van der Waals surface area contributed by atoms with Crippen molar-refractivity contribution in [3.05, 3.63) is 72.1 Å². The number of rotatable bonds is 7. The van der Waals surface area contributed by atoms with Crippen LogP contribution >= 0.6 is 0 Å². The minimum Gasteiger partial charge on any atom is -0.343 e. The number of aryl methyl sites for hydroxylation is 1. The van der Waals surface area contributed by atoms with Gasteiger partial charge < -0.3 is 9.88 Å². The van der Waals surface area contributed by atoms with Crippen LogP contribution in [0.1, 0.15) is 44.1 Å². The SMILES string of the molecule is CCCCn1c(C(C)NC(=O)/C=C\c2ccccc2)nc2ccccc21. The van der Waals surface area contributed by atoms with Crippen LogP contribution in [0.2, 0.25) is 0 Å². The summed E-state index contributed by atoms with van der Waals surface area (Å²) in [5.41, 5.74) is 3.10. The average molecular weight is 347 g/mol. The van der Waals surface area contributed by atoms with Gasteiger partial charge in [-0.2, -0.15) is 0 Å². The maximum Gasteiger partial charge on any atom is 0.244 e. The molecule has 0 radical (unpaired) electrons. The molecule has 0 fully saturated rings. The summed E-state index contributed by atoms with van der Waals surface area (Å²) in [6, 6.07) is 17.8. The molecule has 4 nitrogen and oxygen atoms in total. The number of benzene rings is 2. The standard InChI is InChI=1S/C22H25N3O/c1-3-4-16-25-20-13-9-8-12-19(20)24-22(25)17(2)23-21(26)15-14-18-10-6-5-7-11-18/h5-15,17H,3-4,16H2,1-2H3,(H,23,26)/b15-14-. The minimum absolute atomic E-state index is 0.115. The first-order valence-corrected chi connectivity index (χ1v) is 9.18. The molecular weight excluding hydrogens is 322 g/mol. The predicted octanol–water partition coefficient (Wildman–Crippen LogP) is 4.73. The third-order valence-electron chi connectivity index (χ3n) is 4.39. The number of fused-ring (bicyclic) bond motifs is 1. The molecule has 1 unspecified atom stereocenters. The lowest BCUT2D eigenvalue weighted by Crippen LogP contribution is -2.27. The third-order valence-corrected chi connectivity index (χ3v) is 4.39. The van der Waals surface area contributed by atoms with Crippen LogP contribution < -0.4 is 5.32 Å². The van der Waals surface area contributed by atoms with E-state index in [0.717, 1.165) is 41.8 Å². The number of nitrogens with zero attached hydrogens (tertiary/aromatic N) is 2. The second-order valence-electron chi connectivity index (χ2n) is 6.44. The van der Waals surface area contributed by atoms with E-state index in [1.807, 2.05) is 61.5 Å². The Morgan fingerprint density at radius 3 is 2.65 bits per heavy atom. The van der Waals surface area contributed by atoms with Gasteiger partial charge in [0, 0.05) is 12.6 Å². The Morgan fingerprint density at radius 1 is 1.15 bits per heavy atom. The first-order chi connectivity index (χ1) is 12.7. The summed E-state index contributed by atoms with van der Waals surface area (Å²) in [7, 11) is 0. The van der Waals surface area contributed by atoms with Gasteiger partial charge in [-0.1, -0.05) is 55.8 Å². The molecule has 134 valence electrons. The highest BCUT2D eigenvalue weighted by Crippen LogP contribution is 2.21. The molecule has 1 heterocycles. The Labute approximate surface area is 154 Å². The van der Waals surface area contributed by atoms with Gasteiger partial charge >= 0.3 is 0 Å². The molecule has 0 spiro atoms. The monoisotopic (exact) mass is 347 g/mol.